The normalized spacial score (nSPS) is 14.8. The van der Waals surface area contributed by atoms with E-state index in [2.05, 4.69) is 0 Å². The van der Waals surface area contributed by atoms with Crippen molar-refractivity contribution in [2.24, 2.45) is 0 Å². The number of carbonyl (C=O) groups is 1. The van der Waals surface area contributed by atoms with Crippen molar-refractivity contribution >= 4 is 29.5 Å². The number of carbonyl (C=O) groups excluding carboxylic acids is 1. The first-order chi connectivity index (χ1) is 12.3. The molecule has 0 saturated heterocycles. The summed E-state index contributed by atoms with van der Waals surface area (Å²) in [5.41, 5.74) is 1.10. The van der Waals surface area contributed by atoms with Crippen LogP contribution in [0.1, 0.15) is 35.3 Å². The van der Waals surface area contributed by atoms with Crippen molar-refractivity contribution in [3.63, 3.8) is 0 Å². The SMILES string of the molecule is COc1ccc(C(=O)/C=C/c2cc(Cl)ccc2O)c2c1C=CC(C)(C)O2. The van der Waals surface area contributed by atoms with Gasteiger partial charge in [0, 0.05) is 10.6 Å². The Morgan fingerprint density at radius 2 is 2.04 bits per heavy atom. The standard InChI is InChI=1S/C21H19ClO4/c1-21(2)11-10-16-19(25-3)9-6-15(20(16)26-21)18(24)7-4-13-12-14(22)5-8-17(13)23/h4-12,23H,1-3H3/b7-4+. The second-order valence-electron chi connectivity index (χ2n) is 6.50. The summed E-state index contributed by atoms with van der Waals surface area (Å²) in [5.74, 6) is 0.937. The molecule has 4 nitrogen and oxygen atoms in total. The van der Waals surface area contributed by atoms with Crippen LogP contribution in [-0.2, 0) is 0 Å². The Hall–Kier alpha value is -2.72. The number of allylic oxidation sites excluding steroid dienone is 1. The number of hydrogen-bond donors (Lipinski definition) is 1. The summed E-state index contributed by atoms with van der Waals surface area (Å²) < 4.78 is 11.4. The highest BCUT2D eigenvalue weighted by atomic mass is 35.5. The lowest BCUT2D eigenvalue weighted by Crippen LogP contribution is -2.28. The number of ether oxygens (including phenoxy) is 2. The summed E-state index contributed by atoms with van der Waals surface area (Å²) in [6.45, 7) is 3.83. The Kier molecular flexibility index (Phi) is 4.79. The number of aromatic hydroxyl groups is 1. The third kappa shape index (κ3) is 3.60. The zero-order valence-electron chi connectivity index (χ0n) is 14.7. The third-order valence-corrected chi connectivity index (χ3v) is 4.30. The van der Waals surface area contributed by atoms with Crippen LogP contribution in [0.15, 0.2) is 42.5 Å². The molecule has 0 aliphatic carbocycles. The quantitative estimate of drug-likeness (QED) is 0.598. The average molecular weight is 371 g/mol. The van der Waals surface area contributed by atoms with Gasteiger partial charge in [-0.15, -0.1) is 0 Å². The smallest absolute Gasteiger partial charge is 0.189 e. The molecule has 0 bridgehead atoms. The Bertz CT molecular complexity index is 926. The molecule has 2 aromatic rings. The van der Waals surface area contributed by atoms with E-state index in [1.165, 1.54) is 18.2 Å². The predicted molar refractivity (Wildman–Crippen MR) is 103 cm³/mol. The lowest BCUT2D eigenvalue weighted by Gasteiger charge is -2.29. The van der Waals surface area contributed by atoms with Crippen LogP contribution in [0.5, 0.6) is 17.2 Å². The minimum absolute atomic E-state index is 0.0514. The molecule has 0 unspecified atom stereocenters. The molecular formula is C21H19ClO4. The fourth-order valence-corrected chi connectivity index (χ4v) is 2.90. The van der Waals surface area contributed by atoms with Crippen LogP contribution in [-0.4, -0.2) is 23.6 Å². The lowest BCUT2D eigenvalue weighted by molar-refractivity contribution is 0.103. The Morgan fingerprint density at radius 1 is 1.27 bits per heavy atom. The minimum atomic E-state index is -0.524. The van der Waals surface area contributed by atoms with Crippen molar-refractivity contribution in [2.45, 2.75) is 19.4 Å². The van der Waals surface area contributed by atoms with Crippen LogP contribution in [0.3, 0.4) is 0 Å². The van der Waals surface area contributed by atoms with Crippen molar-refractivity contribution in [3.8, 4) is 17.2 Å². The van der Waals surface area contributed by atoms with Crippen LogP contribution >= 0.6 is 11.6 Å². The van der Waals surface area contributed by atoms with E-state index < -0.39 is 5.60 Å². The van der Waals surface area contributed by atoms with Gasteiger partial charge in [0.25, 0.3) is 0 Å². The van der Waals surface area contributed by atoms with Gasteiger partial charge in [0.2, 0.25) is 0 Å². The molecule has 1 aliphatic heterocycles. The first-order valence-corrected chi connectivity index (χ1v) is 8.49. The first kappa shape index (κ1) is 18.1. The highest BCUT2D eigenvalue weighted by Gasteiger charge is 2.27. The molecule has 0 aromatic heterocycles. The molecule has 3 rings (SSSR count). The van der Waals surface area contributed by atoms with Crippen LogP contribution in [0.4, 0.5) is 0 Å². The van der Waals surface area contributed by atoms with Crippen LogP contribution in [0, 0.1) is 0 Å². The Labute approximate surface area is 157 Å². The molecule has 0 fully saturated rings. The van der Waals surface area contributed by atoms with Gasteiger partial charge in [0.05, 0.1) is 18.2 Å². The molecule has 1 aliphatic rings. The van der Waals surface area contributed by atoms with Crippen LogP contribution in [0.2, 0.25) is 5.02 Å². The molecule has 0 radical (unpaired) electrons. The largest absolute Gasteiger partial charge is 0.507 e. The van der Waals surface area contributed by atoms with Gasteiger partial charge in [-0.1, -0.05) is 11.6 Å². The van der Waals surface area contributed by atoms with E-state index in [0.717, 1.165) is 5.56 Å². The van der Waals surface area contributed by atoms with Crippen molar-refractivity contribution in [3.05, 3.63) is 64.2 Å². The number of hydrogen-bond acceptors (Lipinski definition) is 4. The molecule has 26 heavy (non-hydrogen) atoms. The number of benzene rings is 2. The van der Waals surface area contributed by atoms with Crippen molar-refractivity contribution in [2.75, 3.05) is 7.11 Å². The topological polar surface area (TPSA) is 55.8 Å². The van der Waals surface area contributed by atoms with Crippen LogP contribution in [0.25, 0.3) is 12.2 Å². The fraction of sp³-hybridized carbons (Fsp3) is 0.190. The Morgan fingerprint density at radius 3 is 2.77 bits per heavy atom. The summed E-state index contributed by atoms with van der Waals surface area (Å²) in [6, 6.07) is 8.07. The highest BCUT2D eigenvalue weighted by molar-refractivity contribution is 6.30. The number of methoxy groups -OCH3 is 1. The number of ketones is 1. The second kappa shape index (κ2) is 6.89. The maximum atomic E-state index is 12.8. The zero-order valence-corrected chi connectivity index (χ0v) is 15.5. The summed E-state index contributed by atoms with van der Waals surface area (Å²) >= 11 is 5.94. The van der Waals surface area contributed by atoms with E-state index in [0.29, 0.717) is 27.6 Å². The summed E-state index contributed by atoms with van der Waals surface area (Å²) in [6.07, 6.45) is 6.75. The molecule has 5 heteroatoms. The van der Waals surface area contributed by atoms with Gasteiger partial charge in [0.15, 0.2) is 5.78 Å². The van der Waals surface area contributed by atoms with Crippen molar-refractivity contribution in [1.29, 1.82) is 0 Å². The van der Waals surface area contributed by atoms with E-state index in [1.54, 1.807) is 31.4 Å². The maximum absolute atomic E-state index is 12.8. The predicted octanol–water partition coefficient (Wildman–Crippen LogP) is 5.13. The number of phenols is 1. The average Bonchev–Trinajstić information content (AvgIpc) is 2.60. The molecular weight excluding hydrogens is 352 g/mol. The summed E-state index contributed by atoms with van der Waals surface area (Å²) in [5, 5.41) is 10.4. The third-order valence-electron chi connectivity index (χ3n) is 4.06. The van der Waals surface area contributed by atoms with E-state index in [-0.39, 0.29) is 11.5 Å². The molecule has 1 heterocycles. The van der Waals surface area contributed by atoms with Gasteiger partial charge in [0.1, 0.15) is 22.8 Å². The van der Waals surface area contributed by atoms with Gasteiger partial charge >= 0.3 is 0 Å². The van der Waals surface area contributed by atoms with E-state index in [9.17, 15) is 9.90 Å². The van der Waals surface area contributed by atoms with Gasteiger partial charge in [-0.2, -0.15) is 0 Å². The second-order valence-corrected chi connectivity index (χ2v) is 6.93. The molecule has 2 aromatic carbocycles. The van der Waals surface area contributed by atoms with Crippen molar-refractivity contribution < 1.29 is 19.4 Å². The molecule has 1 N–H and O–H groups in total. The monoisotopic (exact) mass is 370 g/mol. The summed E-state index contributed by atoms with van der Waals surface area (Å²) in [4.78, 5) is 12.8. The fourth-order valence-electron chi connectivity index (χ4n) is 2.72. The number of halogens is 1. The molecule has 134 valence electrons. The van der Waals surface area contributed by atoms with E-state index >= 15 is 0 Å². The number of rotatable bonds is 4. The van der Waals surface area contributed by atoms with Crippen LogP contribution < -0.4 is 9.47 Å². The Balaban J connectivity index is 1.99. The van der Waals surface area contributed by atoms with Gasteiger partial charge in [-0.05, 0) is 68.5 Å². The maximum Gasteiger partial charge on any atom is 0.189 e. The first-order valence-electron chi connectivity index (χ1n) is 8.11. The number of fused-ring (bicyclic) bond motifs is 1. The number of phenolic OH excluding ortho intramolecular Hbond substituents is 1. The van der Waals surface area contributed by atoms with Gasteiger partial charge in [-0.3, -0.25) is 4.79 Å². The minimum Gasteiger partial charge on any atom is -0.507 e. The van der Waals surface area contributed by atoms with E-state index in [1.807, 2.05) is 26.0 Å². The van der Waals surface area contributed by atoms with E-state index in [4.69, 9.17) is 21.1 Å². The van der Waals surface area contributed by atoms with Gasteiger partial charge < -0.3 is 14.6 Å². The van der Waals surface area contributed by atoms with Crippen molar-refractivity contribution in [1.82, 2.24) is 0 Å². The molecule has 0 saturated carbocycles. The molecule has 0 atom stereocenters. The molecule has 0 amide bonds. The molecule has 0 spiro atoms. The highest BCUT2D eigenvalue weighted by Crippen LogP contribution is 2.40. The lowest BCUT2D eigenvalue weighted by atomic mass is 9.97. The van der Waals surface area contributed by atoms with Gasteiger partial charge in [-0.25, -0.2) is 0 Å². The zero-order chi connectivity index (χ0) is 18.9. The summed E-state index contributed by atoms with van der Waals surface area (Å²) in [7, 11) is 1.58.